The standard InChI is InChI=1S/C18H12N4O4/c1-9-21-22-18(26-9)20-16(24)12-5-3-2-4-11(12)10-6-7-13-14(8-10)17(25)19-15(13)23/h2-8H,1H3,(H,19,23,25)(H,20,22,24). The lowest BCUT2D eigenvalue weighted by Crippen LogP contribution is -2.19. The first kappa shape index (κ1) is 15.7. The van der Waals surface area contributed by atoms with Crippen LogP contribution in [0.15, 0.2) is 46.9 Å². The van der Waals surface area contributed by atoms with Crippen LogP contribution in [-0.2, 0) is 0 Å². The number of amides is 3. The van der Waals surface area contributed by atoms with E-state index in [1.807, 2.05) is 0 Å². The van der Waals surface area contributed by atoms with Gasteiger partial charge in [-0.25, -0.2) is 0 Å². The van der Waals surface area contributed by atoms with Gasteiger partial charge in [-0.15, -0.1) is 5.10 Å². The van der Waals surface area contributed by atoms with E-state index in [1.54, 1.807) is 49.4 Å². The van der Waals surface area contributed by atoms with Crippen LogP contribution in [-0.4, -0.2) is 27.9 Å². The molecule has 0 atom stereocenters. The second kappa shape index (κ2) is 5.92. The van der Waals surface area contributed by atoms with Gasteiger partial charge in [0.1, 0.15) is 0 Å². The second-order valence-corrected chi connectivity index (χ2v) is 5.67. The summed E-state index contributed by atoms with van der Waals surface area (Å²) in [4.78, 5) is 36.2. The molecule has 0 radical (unpaired) electrons. The molecule has 8 nitrogen and oxygen atoms in total. The van der Waals surface area contributed by atoms with Crippen LogP contribution in [0.3, 0.4) is 0 Å². The molecule has 0 aliphatic carbocycles. The lowest BCUT2D eigenvalue weighted by Gasteiger charge is -2.09. The molecule has 1 aromatic heterocycles. The van der Waals surface area contributed by atoms with Gasteiger partial charge in [0.05, 0.1) is 11.1 Å². The van der Waals surface area contributed by atoms with Crippen LogP contribution >= 0.6 is 0 Å². The van der Waals surface area contributed by atoms with Gasteiger partial charge in [0.15, 0.2) is 0 Å². The summed E-state index contributed by atoms with van der Waals surface area (Å²) in [5.41, 5.74) is 2.22. The normalized spacial score (nSPS) is 12.7. The molecule has 0 fully saturated rings. The van der Waals surface area contributed by atoms with Crippen molar-refractivity contribution in [2.45, 2.75) is 6.92 Å². The maximum atomic E-state index is 12.6. The first-order chi connectivity index (χ1) is 12.5. The molecule has 0 saturated carbocycles. The molecule has 3 aromatic rings. The summed E-state index contributed by atoms with van der Waals surface area (Å²) in [5.74, 6) is -0.961. The van der Waals surface area contributed by atoms with Crippen molar-refractivity contribution in [2.75, 3.05) is 5.32 Å². The SMILES string of the molecule is Cc1nnc(NC(=O)c2ccccc2-c2ccc3c(c2)C(=O)NC3=O)o1. The lowest BCUT2D eigenvalue weighted by molar-refractivity contribution is 0.0878. The topological polar surface area (TPSA) is 114 Å². The van der Waals surface area contributed by atoms with Gasteiger partial charge in [-0.3, -0.25) is 25.0 Å². The molecule has 1 aliphatic rings. The molecule has 26 heavy (non-hydrogen) atoms. The Hall–Kier alpha value is -3.81. The molecular formula is C18H12N4O4. The Kier molecular flexibility index (Phi) is 3.58. The number of carbonyl (C=O) groups is 3. The number of rotatable bonds is 3. The fourth-order valence-corrected chi connectivity index (χ4v) is 2.78. The van der Waals surface area contributed by atoms with Gasteiger partial charge in [-0.05, 0) is 29.3 Å². The van der Waals surface area contributed by atoms with Gasteiger partial charge in [0, 0.05) is 12.5 Å². The minimum atomic E-state index is -0.449. The quantitative estimate of drug-likeness (QED) is 0.701. The van der Waals surface area contributed by atoms with Crippen molar-refractivity contribution >= 4 is 23.7 Å². The number of nitrogens with zero attached hydrogens (tertiary/aromatic N) is 2. The molecule has 0 unspecified atom stereocenters. The number of fused-ring (bicyclic) bond motifs is 1. The second-order valence-electron chi connectivity index (χ2n) is 5.67. The maximum absolute atomic E-state index is 12.6. The molecule has 0 bridgehead atoms. The number of imide groups is 1. The van der Waals surface area contributed by atoms with Crippen LogP contribution in [0, 0.1) is 6.92 Å². The number of carbonyl (C=O) groups excluding carboxylic acids is 3. The van der Waals surface area contributed by atoms with Crippen LogP contribution < -0.4 is 10.6 Å². The van der Waals surface area contributed by atoms with E-state index in [9.17, 15) is 14.4 Å². The van der Waals surface area contributed by atoms with E-state index >= 15 is 0 Å². The highest BCUT2D eigenvalue weighted by atomic mass is 16.4. The van der Waals surface area contributed by atoms with Crippen molar-refractivity contribution in [3.8, 4) is 11.1 Å². The third-order valence-corrected chi connectivity index (χ3v) is 3.97. The zero-order chi connectivity index (χ0) is 18.3. The average Bonchev–Trinajstić information content (AvgIpc) is 3.17. The predicted octanol–water partition coefficient (Wildman–Crippen LogP) is 2.18. The highest BCUT2D eigenvalue weighted by Crippen LogP contribution is 2.28. The van der Waals surface area contributed by atoms with Crippen molar-refractivity contribution in [1.82, 2.24) is 15.5 Å². The van der Waals surface area contributed by atoms with Crippen LogP contribution in [0.4, 0.5) is 6.01 Å². The van der Waals surface area contributed by atoms with E-state index in [-0.39, 0.29) is 11.6 Å². The van der Waals surface area contributed by atoms with Crippen molar-refractivity contribution in [3.05, 3.63) is 65.0 Å². The molecule has 2 N–H and O–H groups in total. The maximum Gasteiger partial charge on any atom is 0.322 e. The Labute approximate surface area is 147 Å². The fraction of sp³-hybridized carbons (Fsp3) is 0.0556. The lowest BCUT2D eigenvalue weighted by atomic mass is 9.96. The smallest absolute Gasteiger partial charge is 0.322 e. The monoisotopic (exact) mass is 348 g/mol. The fourth-order valence-electron chi connectivity index (χ4n) is 2.78. The van der Waals surface area contributed by atoms with E-state index < -0.39 is 17.7 Å². The van der Waals surface area contributed by atoms with Gasteiger partial charge in [0.25, 0.3) is 17.7 Å². The summed E-state index contributed by atoms with van der Waals surface area (Å²) in [6, 6.07) is 11.8. The Morgan fingerprint density at radius 1 is 1.00 bits per heavy atom. The minimum absolute atomic E-state index is 0.00114. The third kappa shape index (κ3) is 2.63. The van der Waals surface area contributed by atoms with E-state index in [0.29, 0.717) is 28.1 Å². The van der Waals surface area contributed by atoms with Gasteiger partial charge >= 0.3 is 6.01 Å². The van der Waals surface area contributed by atoms with E-state index in [0.717, 1.165) is 0 Å². The summed E-state index contributed by atoms with van der Waals surface area (Å²) in [6.07, 6.45) is 0. The molecule has 128 valence electrons. The molecule has 3 amide bonds. The van der Waals surface area contributed by atoms with Crippen LogP contribution in [0.5, 0.6) is 0 Å². The summed E-state index contributed by atoms with van der Waals surface area (Å²) < 4.78 is 5.16. The minimum Gasteiger partial charge on any atom is -0.408 e. The number of aryl methyl sites for hydroxylation is 1. The number of nitrogens with one attached hydrogen (secondary N) is 2. The van der Waals surface area contributed by atoms with Crippen molar-refractivity contribution in [1.29, 1.82) is 0 Å². The van der Waals surface area contributed by atoms with Gasteiger partial charge in [-0.2, -0.15) is 0 Å². The molecule has 4 rings (SSSR count). The van der Waals surface area contributed by atoms with E-state index in [1.165, 1.54) is 0 Å². The molecule has 0 saturated heterocycles. The number of aromatic nitrogens is 2. The number of hydrogen-bond acceptors (Lipinski definition) is 6. The average molecular weight is 348 g/mol. The summed E-state index contributed by atoms with van der Waals surface area (Å²) in [5, 5.41) is 12.2. The van der Waals surface area contributed by atoms with Crippen molar-refractivity contribution in [2.24, 2.45) is 0 Å². The Balaban J connectivity index is 1.72. The zero-order valence-electron chi connectivity index (χ0n) is 13.6. The summed E-state index contributed by atoms with van der Waals surface area (Å²) >= 11 is 0. The molecular weight excluding hydrogens is 336 g/mol. The van der Waals surface area contributed by atoms with Gasteiger partial charge in [-0.1, -0.05) is 29.4 Å². The Morgan fingerprint density at radius 2 is 1.77 bits per heavy atom. The highest BCUT2D eigenvalue weighted by molar-refractivity contribution is 6.22. The molecule has 2 aromatic carbocycles. The Morgan fingerprint density at radius 3 is 2.54 bits per heavy atom. The molecule has 0 spiro atoms. The van der Waals surface area contributed by atoms with Crippen molar-refractivity contribution in [3.63, 3.8) is 0 Å². The van der Waals surface area contributed by atoms with E-state index in [4.69, 9.17) is 4.42 Å². The van der Waals surface area contributed by atoms with Crippen molar-refractivity contribution < 1.29 is 18.8 Å². The predicted molar refractivity (Wildman–Crippen MR) is 90.7 cm³/mol. The molecule has 1 aliphatic heterocycles. The summed E-state index contributed by atoms with van der Waals surface area (Å²) in [7, 11) is 0. The first-order valence-corrected chi connectivity index (χ1v) is 7.73. The Bertz CT molecular complexity index is 1070. The van der Waals surface area contributed by atoms with Crippen LogP contribution in [0.25, 0.3) is 11.1 Å². The highest BCUT2D eigenvalue weighted by Gasteiger charge is 2.27. The largest absolute Gasteiger partial charge is 0.408 e. The zero-order valence-corrected chi connectivity index (χ0v) is 13.6. The molecule has 2 heterocycles. The van der Waals surface area contributed by atoms with Gasteiger partial charge in [0.2, 0.25) is 5.89 Å². The number of anilines is 1. The first-order valence-electron chi connectivity index (χ1n) is 7.73. The van der Waals surface area contributed by atoms with Crippen LogP contribution in [0.1, 0.15) is 37.0 Å². The number of benzene rings is 2. The third-order valence-electron chi connectivity index (χ3n) is 3.97. The van der Waals surface area contributed by atoms with E-state index in [2.05, 4.69) is 20.8 Å². The summed E-state index contributed by atoms with van der Waals surface area (Å²) in [6.45, 7) is 1.62. The van der Waals surface area contributed by atoms with Gasteiger partial charge < -0.3 is 4.42 Å². The molecule has 8 heteroatoms. The van der Waals surface area contributed by atoms with Crippen LogP contribution in [0.2, 0.25) is 0 Å². The number of hydrogen-bond donors (Lipinski definition) is 2.